The first-order valence-electron chi connectivity index (χ1n) is 6.03. The van der Waals surface area contributed by atoms with Crippen molar-refractivity contribution >= 4 is 26.6 Å². The van der Waals surface area contributed by atoms with Crippen molar-refractivity contribution in [2.24, 2.45) is 0 Å². The summed E-state index contributed by atoms with van der Waals surface area (Å²) in [5, 5.41) is 13.6. The summed E-state index contributed by atoms with van der Waals surface area (Å²) in [7, 11) is 1.96. The lowest BCUT2D eigenvalue weighted by Gasteiger charge is -2.17. The molecule has 0 saturated heterocycles. The molecule has 2 unspecified atom stereocenters. The Morgan fingerprint density at radius 3 is 2.40 bits per heavy atom. The van der Waals surface area contributed by atoms with Gasteiger partial charge in [0.1, 0.15) is 12.6 Å². The Morgan fingerprint density at radius 1 is 1.20 bits per heavy atom. The highest BCUT2D eigenvalue weighted by atomic mass is 31.0. The summed E-state index contributed by atoms with van der Waals surface area (Å²) in [6.45, 7) is -0.815. The van der Waals surface area contributed by atoms with Crippen LogP contribution in [0.4, 0.5) is 0 Å². The van der Waals surface area contributed by atoms with Gasteiger partial charge in [0, 0.05) is 6.42 Å². The van der Waals surface area contributed by atoms with Crippen molar-refractivity contribution in [3.8, 4) is 0 Å². The van der Waals surface area contributed by atoms with Crippen LogP contribution in [0.2, 0.25) is 0 Å². The quantitative estimate of drug-likeness (QED) is 0.575. The van der Waals surface area contributed by atoms with E-state index < -0.39 is 24.5 Å². The second-order valence-corrected chi connectivity index (χ2v) is 4.80. The lowest BCUT2D eigenvalue weighted by Crippen LogP contribution is -2.49. The Balaban J connectivity index is 2.71. The molecule has 7 heteroatoms. The fourth-order valence-corrected chi connectivity index (χ4v) is 1.70. The van der Waals surface area contributed by atoms with E-state index in [2.05, 4.69) is 10.6 Å². The molecule has 108 valence electrons. The smallest absolute Gasteiger partial charge is 0.246 e. The van der Waals surface area contributed by atoms with Gasteiger partial charge in [-0.15, -0.1) is 0 Å². The van der Waals surface area contributed by atoms with Crippen LogP contribution in [0.25, 0.3) is 0 Å². The molecule has 0 aliphatic rings. The number of amides is 2. The molecule has 0 fully saturated rings. The van der Waals surface area contributed by atoms with Gasteiger partial charge in [-0.25, -0.2) is 0 Å². The Morgan fingerprint density at radius 2 is 1.85 bits per heavy atom. The van der Waals surface area contributed by atoms with E-state index in [0.29, 0.717) is 0 Å². The number of carbonyl (C=O) groups excluding carboxylic acids is 3. The molecule has 0 saturated carbocycles. The maximum absolute atomic E-state index is 11.9. The summed E-state index contributed by atoms with van der Waals surface area (Å²) in [4.78, 5) is 34.0. The molecule has 0 aliphatic carbocycles. The summed E-state index contributed by atoms with van der Waals surface area (Å²) in [5.41, 5.74) is 0.605. The minimum Gasteiger partial charge on any atom is -0.387 e. The summed E-state index contributed by atoms with van der Waals surface area (Å²) in [6, 6.07) is 8.31. The number of rotatable bonds is 7. The van der Waals surface area contributed by atoms with Gasteiger partial charge in [0.15, 0.2) is 5.52 Å². The molecule has 0 aromatic heterocycles. The normalized spacial score (nSPS) is 11.5. The molecule has 20 heavy (non-hydrogen) atoms. The average molecular weight is 296 g/mol. The van der Waals surface area contributed by atoms with Crippen LogP contribution >= 0.6 is 9.24 Å². The Bertz CT molecular complexity index is 479. The Kier molecular flexibility index (Phi) is 6.84. The molecule has 0 aliphatic heterocycles. The summed E-state index contributed by atoms with van der Waals surface area (Å²) >= 11 is 0. The van der Waals surface area contributed by atoms with Crippen LogP contribution in [0.15, 0.2) is 30.3 Å². The number of benzene rings is 1. The molecule has 0 bridgehead atoms. The van der Waals surface area contributed by atoms with Gasteiger partial charge in [0.25, 0.3) is 0 Å². The van der Waals surface area contributed by atoms with Crippen LogP contribution in [0.5, 0.6) is 0 Å². The van der Waals surface area contributed by atoms with Crippen molar-refractivity contribution in [1.29, 1.82) is 0 Å². The van der Waals surface area contributed by atoms with Crippen molar-refractivity contribution in [2.75, 3.05) is 13.2 Å². The molecule has 1 aromatic rings. The molecule has 1 rings (SSSR count). The third-order valence-electron chi connectivity index (χ3n) is 2.51. The second-order valence-electron chi connectivity index (χ2n) is 4.15. The minimum absolute atomic E-state index is 0.121. The van der Waals surface area contributed by atoms with Crippen molar-refractivity contribution in [3.63, 3.8) is 0 Å². The van der Waals surface area contributed by atoms with Gasteiger partial charge < -0.3 is 15.7 Å². The van der Waals surface area contributed by atoms with Crippen molar-refractivity contribution in [1.82, 2.24) is 10.6 Å². The van der Waals surface area contributed by atoms with Gasteiger partial charge in [0.05, 0.1) is 6.54 Å². The zero-order valence-electron chi connectivity index (χ0n) is 10.8. The fourth-order valence-electron chi connectivity index (χ4n) is 1.60. The topological polar surface area (TPSA) is 95.5 Å². The summed E-state index contributed by atoms with van der Waals surface area (Å²) in [6.07, 6.45) is 0.281. The van der Waals surface area contributed by atoms with E-state index in [-0.39, 0.29) is 18.5 Å². The average Bonchev–Trinajstić information content (AvgIpc) is 2.44. The molecule has 3 N–H and O–H groups in total. The van der Waals surface area contributed by atoms with E-state index in [1.807, 2.05) is 39.6 Å². The van der Waals surface area contributed by atoms with Crippen LogP contribution in [0.3, 0.4) is 0 Å². The van der Waals surface area contributed by atoms with Gasteiger partial charge in [-0.2, -0.15) is 0 Å². The molecular formula is C13H17N2O4P. The Hall–Kier alpha value is -1.78. The van der Waals surface area contributed by atoms with E-state index >= 15 is 0 Å². The highest BCUT2D eigenvalue weighted by Gasteiger charge is 2.20. The molecule has 2 atom stereocenters. The van der Waals surface area contributed by atoms with E-state index in [0.717, 1.165) is 5.56 Å². The zero-order valence-corrected chi connectivity index (χ0v) is 12.0. The van der Waals surface area contributed by atoms with Gasteiger partial charge in [-0.1, -0.05) is 39.6 Å². The van der Waals surface area contributed by atoms with Gasteiger partial charge in [0.2, 0.25) is 11.8 Å². The van der Waals surface area contributed by atoms with Crippen LogP contribution < -0.4 is 10.6 Å². The SMILES string of the molecule is O=C(P)CNC(=O)C(Cc1ccccc1)NC(=O)CO. The van der Waals surface area contributed by atoms with Gasteiger partial charge in [-0.05, 0) is 5.56 Å². The highest BCUT2D eigenvalue weighted by Crippen LogP contribution is 2.03. The molecule has 0 heterocycles. The molecule has 0 radical (unpaired) electrons. The van der Waals surface area contributed by atoms with E-state index in [4.69, 9.17) is 5.11 Å². The number of aliphatic hydroxyl groups excluding tert-OH is 1. The highest BCUT2D eigenvalue weighted by molar-refractivity contribution is 7.40. The maximum atomic E-state index is 11.9. The van der Waals surface area contributed by atoms with Crippen molar-refractivity contribution < 1.29 is 19.5 Å². The standard InChI is InChI=1S/C13H17N2O4P/c16-8-11(17)15-10(13(19)14-7-12(18)20)6-9-4-2-1-3-5-9/h1-5,10,16H,6-8,20H2,(H,14,19)(H,15,17). The molecular weight excluding hydrogens is 279 g/mol. The molecule has 1 aromatic carbocycles. The van der Waals surface area contributed by atoms with Crippen LogP contribution in [0.1, 0.15) is 5.56 Å². The minimum atomic E-state index is -0.832. The lowest BCUT2D eigenvalue weighted by atomic mass is 10.1. The first-order valence-corrected chi connectivity index (χ1v) is 6.61. The number of carbonyl (C=O) groups is 3. The van der Waals surface area contributed by atoms with Crippen molar-refractivity contribution in [3.05, 3.63) is 35.9 Å². The third-order valence-corrected chi connectivity index (χ3v) is 2.72. The van der Waals surface area contributed by atoms with Gasteiger partial charge in [-0.3, -0.25) is 14.4 Å². The molecule has 6 nitrogen and oxygen atoms in total. The fraction of sp³-hybridized carbons (Fsp3) is 0.308. The maximum Gasteiger partial charge on any atom is 0.246 e. The second kappa shape index (κ2) is 8.40. The van der Waals surface area contributed by atoms with E-state index in [9.17, 15) is 14.4 Å². The zero-order chi connectivity index (χ0) is 15.0. The number of hydrogen-bond donors (Lipinski definition) is 3. The number of aliphatic hydroxyl groups is 1. The molecule has 0 spiro atoms. The monoisotopic (exact) mass is 296 g/mol. The predicted molar refractivity (Wildman–Crippen MR) is 76.9 cm³/mol. The van der Waals surface area contributed by atoms with E-state index in [1.54, 1.807) is 0 Å². The largest absolute Gasteiger partial charge is 0.387 e. The number of hydrogen-bond acceptors (Lipinski definition) is 4. The van der Waals surface area contributed by atoms with Crippen molar-refractivity contribution in [2.45, 2.75) is 12.5 Å². The van der Waals surface area contributed by atoms with Gasteiger partial charge >= 0.3 is 0 Å². The Labute approximate surface area is 119 Å². The first kappa shape index (κ1) is 16.3. The first-order chi connectivity index (χ1) is 9.52. The molecule has 2 amide bonds. The summed E-state index contributed by atoms with van der Waals surface area (Å²) < 4.78 is 0. The van der Waals surface area contributed by atoms with E-state index in [1.165, 1.54) is 0 Å². The summed E-state index contributed by atoms with van der Waals surface area (Å²) in [5.74, 6) is -1.11. The van der Waals surface area contributed by atoms with Crippen LogP contribution in [0, 0.1) is 0 Å². The third kappa shape index (κ3) is 5.91. The van der Waals surface area contributed by atoms with Crippen LogP contribution in [-0.4, -0.2) is 41.6 Å². The van der Waals surface area contributed by atoms with Crippen LogP contribution in [-0.2, 0) is 20.8 Å². The number of nitrogens with one attached hydrogen (secondary N) is 2. The lowest BCUT2D eigenvalue weighted by molar-refractivity contribution is -0.130. The predicted octanol–water partition coefficient (Wildman–Crippen LogP) is -0.776.